The van der Waals surface area contributed by atoms with Crippen LogP contribution in [0.5, 0.6) is 0 Å². The second kappa shape index (κ2) is 6.19. The van der Waals surface area contributed by atoms with Crippen LogP contribution in [-0.2, 0) is 0 Å². The third-order valence-electron chi connectivity index (χ3n) is 4.12. The van der Waals surface area contributed by atoms with E-state index in [0.717, 1.165) is 18.4 Å². The first-order valence-electron chi connectivity index (χ1n) is 7.28. The topological polar surface area (TPSA) is 15.3 Å². The molecule has 0 aromatic heterocycles. The first-order valence-corrected chi connectivity index (χ1v) is 7.28. The van der Waals surface area contributed by atoms with Crippen LogP contribution in [0.3, 0.4) is 0 Å². The maximum absolute atomic E-state index is 3.72. The highest BCUT2D eigenvalue weighted by atomic mass is 15.1. The first-order chi connectivity index (χ1) is 7.86. The molecule has 0 spiro atoms. The van der Waals surface area contributed by atoms with Crippen LogP contribution in [0.2, 0.25) is 0 Å². The Hall–Kier alpha value is -0.0800. The summed E-state index contributed by atoms with van der Waals surface area (Å²) < 4.78 is 0. The fourth-order valence-electron chi connectivity index (χ4n) is 3.48. The van der Waals surface area contributed by atoms with Gasteiger partial charge in [-0.25, -0.2) is 0 Å². The molecule has 1 aliphatic rings. The van der Waals surface area contributed by atoms with Crippen LogP contribution in [0, 0.1) is 17.3 Å². The highest BCUT2D eigenvalue weighted by Crippen LogP contribution is 2.41. The largest absolute Gasteiger partial charge is 0.313 e. The predicted molar refractivity (Wildman–Crippen MR) is 76.3 cm³/mol. The Morgan fingerprint density at radius 2 is 2.00 bits per heavy atom. The summed E-state index contributed by atoms with van der Waals surface area (Å²) in [7, 11) is 2.27. The van der Waals surface area contributed by atoms with Gasteiger partial charge in [-0.1, -0.05) is 34.6 Å². The molecule has 0 aliphatic heterocycles. The van der Waals surface area contributed by atoms with Crippen LogP contribution in [-0.4, -0.2) is 37.6 Å². The van der Waals surface area contributed by atoms with E-state index in [1.807, 2.05) is 0 Å². The van der Waals surface area contributed by atoms with Gasteiger partial charge in [0.05, 0.1) is 0 Å². The van der Waals surface area contributed by atoms with Crippen molar-refractivity contribution in [2.24, 2.45) is 17.3 Å². The van der Waals surface area contributed by atoms with E-state index >= 15 is 0 Å². The van der Waals surface area contributed by atoms with Crippen LogP contribution in [0.4, 0.5) is 0 Å². The molecule has 1 N–H and O–H groups in total. The molecule has 102 valence electrons. The smallest absolute Gasteiger partial charge is 0.0159 e. The van der Waals surface area contributed by atoms with Gasteiger partial charge in [0.2, 0.25) is 0 Å². The fraction of sp³-hybridized carbons (Fsp3) is 1.00. The Morgan fingerprint density at radius 3 is 2.53 bits per heavy atom. The second-order valence-corrected chi connectivity index (χ2v) is 6.94. The molecular formula is C15H32N2. The van der Waals surface area contributed by atoms with E-state index in [0.29, 0.717) is 11.5 Å². The third kappa shape index (κ3) is 4.26. The van der Waals surface area contributed by atoms with Gasteiger partial charge in [0.15, 0.2) is 0 Å². The molecule has 0 bridgehead atoms. The molecule has 2 atom stereocenters. The van der Waals surface area contributed by atoms with Gasteiger partial charge in [-0.3, -0.25) is 0 Å². The van der Waals surface area contributed by atoms with Gasteiger partial charge < -0.3 is 10.2 Å². The molecule has 1 fully saturated rings. The normalized spacial score (nSPS) is 28.2. The average Bonchev–Trinajstić information content (AvgIpc) is 2.44. The lowest BCUT2D eigenvalue weighted by Crippen LogP contribution is -2.45. The fourth-order valence-corrected chi connectivity index (χ4v) is 3.48. The van der Waals surface area contributed by atoms with Crippen LogP contribution in [0.1, 0.15) is 47.5 Å². The standard InChI is InChI=1S/C15H32N2/c1-7-16-14-13(8-9-15(14,4)5)11-17(6)10-12(2)3/h12-14,16H,7-11H2,1-6H3. The molecule has 2 heteroatoms. The summed E-state index contributed by atoms with van der Waals surface area (Å²) in [6.07, 6.45) is 2.75. The average molecular weight is 240 g/mol. The van der Waals surface area contributed by atoms with Crippen molar-refractivity contribution < 1.29 is 0 Å². The van der Waals surface area contributed by atoms with E-state index in [1.54, 1.807) is 0 Å². The van der Waals surface area contributed by atoms with Crippen LogP contribution < -0.4 is 5.32 Å². The Morgan fingerprint density at radius 1 is 1.35 bits per heavy atom. The molecule has 0 aromatic rings. The van der Waals surface area contributed by atoms with E-state index in [1.165, 1.54) is 25.9 Å². The minimum absolute atomic E-state index is 0.472. The summed E-state index contributed by atoms with van der Waals surface area (Å²) in [6, 6.07) is 0.696. The zero-order chi connectivity index (χ0) is 13.1. The minimum atomic E-state index is 0.472. The van der Waals surface area contributed by atoms with Gasteiger partial charge in [-0.2, -0.15) is 0 Å². The maximum Gasteiger partial charge on any atom is 0.0159 e. The molecule has 17 heavy (non-hydrogen) atoms. The summed E-state index contributed by atoms with van der Waals surface area (Å²) in [4.78, 5) is 2.51. The van der Waals surface area contributed by atoms with Crippen molar-refractivity contribution in [1.82, 2.24) is 10.2 Å². The highest BCUT2D eigenvalue weighted by molar-refractivity contribution is 4.96. The van der Waals surface area contributed by atoms with Crippen molar-refractivity contribution in [3.05, 3.63) is 0 Å². The highest BCUT2D eigenvalue weighted by Gasteiger charge is 2.41. The zero-order valence-corrected chi connectivity index (χ0v) is 12.7. The van der Waals surface area contributed by atoms with Crippen LogP contribution >= 0.6 is 0 Å². The molecule has 0 amide bonds. The predicted octanol–water partition coefficient (Wildman–Crippen LogP) is 2.99. The van der Waals surface area contributed by atoms with Crippen molar-refractivity contribution in [1.29, 1.82) is 0 Å². The molecule has 1 aliphatic carbocycles. The number of hydrogen-bond donors (Lipinski definition) is 1. The zero-order valence-electron chi connectivity index (χ0n) is 12.7. The Balaban J connectivity index is 2.52. The number of nitrogens with one attached hydrogen (secondary N) is 1. The second-order valence-electron chi connectivity index (χ2n) is 6.94. The van der Waals surface area contributed by atoms with E-state index in [2.05, 4.69) is 51.9 Å². The molecule has 0 heterocycles. The molecule has 0 radical (unpaired) electrons. The van der Waals surface area contributed by atoms with Gasteiger partial charge in [-0.05, 0) is 43.7 Å². The summed E-state index contributed by atoms with van der Waals surface area (Å²) in [5, 5.41) is 3.72. The van der Waals surface area contributed by atoms with Crippen LogP contribution in [0.25, 0.3) is 0 Å². The van der Waals surface area contributed by atoms with E-state index in [4.69, 9.17) is 0 Å². The molecule has 0 aromatic carbocycles. The van der Waals surface area contributed by atoms with Crippen molar-refractivity contribution in [2.45, 2.75) is 53.5 Å². The molecule has 1 rings (SSSR count). The number of hydrogen-bond acceptors (Lipinski definition) is 2. The van der Waals surface area contributed by atoms with E-state index in [9.17, 15) is 0 Å². The molecule has 0 saturated heterocycles. The Labute approximate surface area is 108 Å². The van der Waals surface area contributed by atoms with Crippen molar-refractivity contribution in [3.8, 4) is 0 Å². The van der Waals surface area contributed by atoms with Gasteiger partial charge in [0, 0.05) is 19.1 Å². The number of nitrogens with zero attached hydrogens (tertiary/aromatic N) is 1. The molecule has 1 saturated carbocycles. The molecular weight excluding hydrogens is 208 g/mol. The summed E-state index contributed by atoms with van der Waals surface area (Å²) in [5.41, 5.74) is 0.472. The summed E-state index contributed by atoms with van der Waals surface area (Å²) in [6.45, 7) is 15.2. The lowest BCUT2D eigenvalue weighted by Gasteiger charge is -2.33. The van der Waals surface area contributed by atoms with Gasteiger partial charge in [-0.15, -0.1) is 0 Å². The maximum atomic E-state index is 3.72. The monoisotopic (exact) mass is 240 g/mol. The Bertz CT molecular complexity index is 223. The molecule has 2 nitrogen and oxygen atoms in total. The lowest BCUT2D eigenvalue weighted by atomic mass is 9.84. The van der Waals surface area contributed by atoms with Crippen molar-refractivity contribution >= 4 is 0 Å². The van der Waals surface area contributed by atoms with Crippen LogP contribution in [0.15, 0.2) is 0 Å². The van der Waals surface area contributed by atoms with Gasteiger partial charge in [0.1, 0.15) is 0 Å². The van der Waals surface area contributed by atoms with Crippen molar-refractivity contribution in [3.63, 3.8) is 0 Å². The van der Waals surface area contributed by atoms with Gasteiger partial charge >= 0.3 is 0 Å². The van der Waals surface area contributed by atoms with E-state index in [-0.39, 0.29) is 0 Å². The van der Waals surface area contributed by atoms with E-state index < -0.39 is 0 Å². The molecule has 2 unspecified atom stereocenters. The first kappa shape index (κ1) is 15.0. The van der Waals surface area contributed by atoms with Crippen molar-refractivity contribution in [2.75, 3.05) is 26.7 Å². The third-order valence-corrected chi connectivity index (χ3v) is 4.12. The summed E-state index contributed by atoms with van der Waals surface area (Å²) >= 11 is 0. The minimum Gasteiger partial charge on any atom is -0.313 e. The SMILES string of the molecule is CCNC1C(CN(C)CC(C)C)CCC1(C)C. The van der Waals surface area contributed by atoms with Gasteiger partial charge in [0.25, 0.3) is 0 Å². The number of rotatable bonds is 6. The Kier molecular flexibility index (Phi) is 5.46. The summed E-state index contributed by atoms with van der Waals surface area (Å²) in [5.74, 6) is 1.60. The lowest BCUT2D eigenvalue weighted by molar-refractivity contribution is 0.195. The quantitative estimate of drug-likeness (QED) is 0.768.